The Bertz CT molecular complexity index is 460. The van der Waals surface area contributed by atoms with Gasteiger partial charge in [0.05, 0.1) is 0 Å². The third kappa shape index (κ3) is 5.05. The van der Waals surface area contributed by atoms with Crippen molar-refractivity contribution in [3.05, 3.63) is 28.8 Å². The summed E-state index contributed by atoms with van der Waals surface area (Å²) in [5.74, 6) is 0.748. The maximum absolute atomic E-state index is 12.3. The second-order valence-electron chi connectivity index (χ2n) is 5.77. The molecule has 0 fully saturated rings. The summed E-state index contributed by atoms with van der Waals surface area (Å²) < 4.78 is 5.74. The topological polar surface area (TPSA) is 49.8 Å². The van der Waals surface area contributed by atoms with Crippen molar-refractivity contribution < 1.29 is 14.6 Å². The fraction of sp³-hybridized carbons (Fsp3) is 0.588. The third-order valence-corrected chi connectivity index (χ3v) is 3.45. The van der Waals surface area contributed by atoms with Crippen LogP contribution in [0, 0.1) is 20.8 Å². The standard InChI is InChI=1S/C17H27NO3/c1-12(2)18(7-6-8-19)16(20)11-21-17-14(4)9-13(3)10-15(17)5/h9-10,12,19H,6-8,11H2,1-5H3. The highest BCUT2D eigenvalue weighted by Crippen LogP contribution is 2.24. The van der Waals surface area contributed by atoms with Crippen LogP contribution in [0.25, 0.3) is 0 Å². The van der Waals surface area contributed by atoms with Gasteiger partial charge in [-0.25, -0.2) is 0 Å². The molecule has 0 aliphatic heterocycles. The Hall–Kier alpha value is -1.55. The molecule has 0 bridgehead atoms. The Morgan fingerprint density at radius 1 is 1.24 bits per heavy atom. The molecule has 0 aliphatic carbocycles. The minimum atomic E-state index is -0.0437. The van der Waals surface area contributed by atoms with Crippen LogP contribution in [0.2, 0.25) is 0 Å². The van der Waals surface area contributed by atoms with E-state index in [2.05, 4.69) is 12.1 Å². The van der Waals surface area contributed by atoms with Crippen LogP contribution in [-0.2, 0) is 4.79 Å². The lowest BCUT2D eigenvalue weighted by molar-refractivity contribution is -0.135. The molecular formula is C17H27NO3. The number of aryl methyl sites for hydroxylation is 3. The van der Waals surface area contributed by atoms with E-state index in [1.807, 2.05) is 34.6 Å². The van der Waals surface area contributed by atoms with Crippen molar-refractivity contribution in [1.29, 1.82) is 0 Å². The van der Waals surface area contributed by atoms with Crippen LogP contribution in [0.4, 0.5) is 0 Å². The normalized spacial score (nSPS) is 10.8. The summed E-state index contributed by atoms with van der Waals surface area (Å²) in [5, 5.41) is 8.92. The molecule has 21 heavy (non-hydrogen) atoms. The van der Waals surface area contributed by atoms with Gasteiger partial charge in [-0.2, -0.15) is 0 Å². The molecule has 118 valence electrons. The van der Waals surface area contributed by atoms with Gasteiger partial charge >= 0.3 is 0 Å². The number of carbonyl (C=O) groups is 1. The Kier molecular flexibility index (Phi) is 6.69. The fourth-order valence-electron chi connectivity index (χ4n) is 2.52. The number of benzene rings is 1. The van der Waals surface area contributed by atoms with Gasteiger partial charge in [-0.3, -0.25) is 4.79 Å². The molecule has 0 saturated carbocycles. The molecule has 0 aliphatic rings. The molecule has 1 rings (SSSR count). The molecule has 1 amide bonds. The average molecular weight is 293 g/mol. The van der Waals surface area contributed by atoms with Crippen LogP contribution in [0.3, 0.4) is 0 Å². The molecular weight excluding hydrogens is 266 g/mol. The Labute approximate surface area is 127 Å². The van der Waals surface area contributed by atoms with Crippen LogP contribution in [0.5, 0.6) is 5.75 Å². The fourth-order valence-corrected chi connectivity index (χ4v) is 2.52. The van der Waals surface area contributed by atoms with Crippen LogP contribution < -0.4 is 4.74 Å². The van der Waals surface area contributed by atoms with E-state index in [9.17, 15) is 4.79 Å². The predicted molar refractivity (Wildman–Crippen MR) is 84.7 cm³/mol. The zero-order valence-corrected chi connectivity index (χ0v) is 13.8. The first-order chi connectivity index (χ1) is 9.86. The number of ether oxygens (including phenoxy) is 1. The zero-order valence-electron chi connectivity index (χ0n) is 13.8. The summed E-state index contributed by atoms with van der Waals surface area (Å²) in [6.07, 6.45) is 0.590. The summed E-state index contributed by atoms with van der Waals surface area (Å²) in [7, 11) is 0. The monoisotopic (exact) mass is 293 g/mol. The van der Waals surface area contributed by atoms with Crippen molar-refractivity contribution in [2.24, 2.45) is 0 Å². The maximum Gasteiger partial charge on any atom is 0.260 e. The Balaban J connectivity index is 2.71. The number of aliphatic hydroxyl groups excluding tert-OH is 1. The molecule has 0 spiro atoms. The van der Waals surface area contributed by atoms with E-state index in [1.165, 1.54) is 5.56 Å². The van der Waals surface area contributed by atoms with Gasteiger partial charge < -0.3 is 14.7 Å². The summed E-state index contributed by atoms with van der Waals surface area (Å²) in [6.45, 7) is 10.7. The van der Waals surface area contributed by atoms with E-state index in [0.29, 0.717) is 13.0 Å². The van der Waals surface area contributed by atoms with Gasteiger partial charge in [0, 0.05) is 19.2 Å². The lowest BCUT2D eigenvalue weighted by atomic mass is 10.1. The Morgan fingerprint density at radius 3 is 2.29 bits per heavy atom. The summed E-state index contributed by atoms with van der Waals surface area (Å²) in [5.41, 5.74) is 3.29. The minimum absolute atomic E-state index is 0.0361. The van der Waals surface area contributed by atoms with Gasteiger partial charge in [0.25, 0.3) is 5.91 Å². The molecule has 0 heterocycles. The number of amides is 1. The third-order valence-electron chi connectivity index (χ3n) is 3.45. The number of aliphatic hydroxyl groups is 1. The molecule has 1 aromatic rings. The van der Waals surface area contributed by atoms with Crippen LogP contribution in [-0.4, -0.2) is 41.7 Å². The van der Waals surface area contributed by atoms with E-state index >= 15 is 0 Å². The number of hydrogen-bond acceptors (Lipinski definition) is 3. The molecule has 1 aromatic carbocycles. The maximum atomic E-state index is 12.3. The van der Waals surface area contributed by atoms with E-state index in [0.717, 1.165) is 16.9 Å². The summed E-state index contributed by atoms with van der Waals surface area (Å²) in [6, 6.07) is 4.21. The van der Waals surface area contributed by atoms with E-state index in [4.69, 9.17) is 9.84 Å². The van der Waals surface area contributed by atoms with Gasteiger partial charge in [-0.15, -0.1) is 0 Å². The Morgan fingerprint density at radius 2 is 1.81 bits per heavy atom. The van der Waals surface area contributed by atoms with Gasteiger partial charge in [0.1, 0.15) is 5.75 Å². The summed E-state index contributed by atoms with van der Waals surface area (Å²) in [4.78, 5) is 14.0. The number of carbonyl (C=O) groups excluding carboxylic acids is 1. The highest BCUT2D eigenvalue weighted by atomic mass is 16.5. The molecule has 4 nitrogen and oxygen atoms in total. The second-order valence-corrected chi connectivity index (χ2v) is 5.77. The highest BCUT2D eigenvalue weighted by Gasteiger charge is 2.17. The molecule has 0 radical (unpaired) electrons. The average Bonchev–Trinajstić information content (AvgIpc) is 2.37. The molecule has 0 atom stereocenters. The predicted octanol–water partition coefficient (Wildman–Crippen LogP) is 2.61. The molecule has 0 aromatic heterocycles. The second kappa shape index (κ2) is 8.03. The molecule has 0 unspecified atom stereocenters. The van der Waals surface area contributed by atoms with Crippen molar-refractivity contribution >= 4 is 5.91 Å². The smallest absolute Gasteiger partial charge is 0.260 e. The van der Waals surface area contributed by atoms with Gasteiger partial charge in [0.15, 0.2) is 6.61 Å². The van der Waals surface area contributed by atoms with Gasteiger partial charge in [0.2, 0.25) is 0 Å². The van der Waals surface area contributed by atoms with Crippen LogP contribution >= 0.6 is 0 Å². The largest absolute Gasteiger partial charge is 0.483 e. The van der Waals surface area contributed by atoms with E-state index in [-0.39, 0.29) is 25.2 Å². The number of nitrogens with zero attached hydrogens (tertiary/aromatic N) is 1. The van der Waals surface area contributed by atoms with Gasteiger partial charge in [-0.05, 0) is 52.2 Å². The quantitative estimate of drug-likeness (QED) is 0.840. The summed E-state index contributed by atoms with van der Waals surface area (Å²) >= 11 is 0. The van der Waals surface area contributed by atoms with Crippen molar-refractivity contribution in [1.82, 2.24) is 4.90 Å². The molecule has 4 heteroatoms. The van der Waals surface area contributed by atoms with Gasteiger partial charge in [-0.1, -0.05) is 17.7 Å². The van der Waals surface area contributed by atoms with E-state index < -0.39 is 0 Å². The van der Waals surface area contributed by atoms with Crippen LogP contribution in [0.15, 0.2) is 12.1 Å². The first-order valence-corrected chi connectivity index (χ1v) is 7.47. The lowest BCUT2D eigenvalue weighted by Gasteiger charge is -2.26. The number of rotatable bonds is 7. The minimum Gasteiger partial charge on any atom is -0.483 e. The first-order valence-electron chi connectivity index (χ1n) is 7.47. The highest BCUT2D eigenvalue weighted by molar-refractivity contribution is 5.78. The van der Waals surface area contributed by atoms with Crippen molar-refractivity contribution in [3.8, 4) is 5.75 Å². The first kappa shape index (κ1) is 17.5. The molecule has 0 saturated heterocycles. The van der Waals surface area contributed by atoms with E-state index in [1.54, 1.807) is 4.90 Å². The lowest BCUT2D eigenvalue weighted by Crippen LogP contribution is -2.41. The zero-order chi connectivity index (χ0) is 16.0. The number of hydrogen-bond donors (Lipinski definition) is 1. The molecule has 1 N–H and O–H groups in total. The SMILES string of the molecule is Cc1cc(C)c(OCC(=O)N(CCCO)C(C)C)c(C)c1. The van der Waals surface area contributed by atoms with Crippen molar-refractivity contribution in [3.63, 3.8) is 0 Å². The van der Waals surface area contributed by atoms with Crippen LogP contribution in [0.1, 0.15) is 37.0 Å². The van der Waals surface area contributed by atoms with Crippen molar-refractivity contribution in [2.75, 3.05) is 19.8 Å². The van der Waals surface area contributed by atoms with Crippen molar-refractivity contribution in [2.45, 2.75) is 47.1 Å².